The Labute approximate surface area is 190 Å². The molecular formula is C25H24N2O6. The van der Waals surface area contributed by atoms with Gasteiger partial charge in [0.2, 0.25) is 6.79 Å². The molecule has 3 aromatic rings. The number of hydrogen-bond acceptors (Lipinski definition) is 7. The Morgan fingerprint density at radius 1 is 1.12 bits per heavy atom. The third-order valence-electron chi connectivity index (χ3n) is 7.21. The summed E-state index contributed by atoms with van der Waals surface area (Å²) in [5.41, 5.74) is 0.943. The van der Waals surface area contributed by atoms with E-state index in [1.165, 1.54) is 0 Å². The van der Waals surface area contributed by atoms with Crippen LogP contribution in [0, 0.1) is 11.8 Å². The predicted molar refractivity (Wildman–Crippen MR) is 117 cm³/mol. The molecule has 6 rings (SSSR count). The molecule has 1 amide bonds. The van der Waals surface area contributed by atoms with Crippen molar-refractivity contribution in [3.63, 3.8) is 0 Å². The topological polar surface area (TPSA) is 94.3 Å². The third kappa shape index (κ3) is 3.24. The number of hydrogen-bond donors (Lipinski definition) is 1. The van der Waals surface area contributed by atoms with Gasteiger partial charge in [-0.25, -0.2) is 0 Å². The number of nitrogens with zero attached hydrogens (tertiary/aromatic N) is 2. The summed E-state index contributed by atoms with van der Waals surface area (Å²) in [5, 5.41) is 15.6. The fourth-order valence-corrected chi connectivity index (χ4v) is 5.42. The number of carbonyl (C=O) groups excluding carboxylic acids is 1. The summed E-state index contributed by atoms with van der Waals surface area (Å²) >= 11 is 0. The van der Waals surface area contributed by atoms with E-state index in [0.717, 1.165) is 23.3 Å². The molecule has 3 atom stereocenters. The van der Waals surface area contributed by atoms with E-state index in [1.54, 1.807) is 18.1 Å². The first-order valence-electron chi connectivity index (χ1n) is 11.1. The number of fused-ring (bicyclic) bond motifs is 2. The first kappa shape index (κ1) is 20.1. The smallest absolute Gasteiger partial charge is 0.276 e. The Kier molecular flexibility index (Phi) is 4.58. The molecule has 2 aliphatic heterocycles. The molecule has 1 N–H and O–H groups in total. The monoisotopic (exact) mass is 448 g/mol. The number of rotatable bonds is 4. The lowest BCUT2D eigenvalue weighted by atomic mass is 9.82. The van der Waals surface area contributed by atoms with E-state index in [4.69, 9.17) is 18.7 Å². The first-order chi connectivity index (χ1) is 16.0. The highest BCUT2D eigenvalue weighted by molar-refractivity contribution is 5.93. The van der Waals surface area contributed by atoms with E-state index >= 15 is 0 Å². The summed E-state index contributed by atoms with van der Waals surface area (Å²) < 4.78 is 21.5. The molecule has 0 spiro atoms. The van der Waals surface area contributed by atoms with Crippen molar-refractivity contribution in [2.45, 2.75) is 18.4 Å². The zero-order valence-electron chi connectivity index (χ0n) is 18.2. The van der Waals surface area contributed by atoms with Gasteiger partial charge in [-0.05, 0) is 54.7 Å². The van der Waals surface area contributed by atoms with Crippen molar-refractivity contribution >= 4 is 5.91 Å². The van der Waals surface area contributed by atoms with Gasteiger partial charge in [-0.2, -0.15) is 0 Å². The Bertz CT molecular complexity index is 1210. The van der Waals surface area contributed by atoms with Crippen molar-refractivity contribution in [1.82, 2.24) is 10.1 Å². The van der Waals surface area contributed by atoms with Crippen LogP contribution in [0.2, 0.25) is 0 Å². The van der Waals surface area contributed by atoms with Crippen LogP contribution in [0.1, 0.15) is 28.9 Å². The minimum absolute atomic E-state index is 0.0184. The number of carbonyl (C=O) groups is 1. The van der Waals surface area contributed by atoms with Crippen LogP contribution >= 0.6 is 0 Å². The van der Waals surface area contributed by atoms with E-state index in [2.05, 4.69) is 5.16 Å². The summed E-state index contributed by atoms with van der Waals surface area (Å²) in [6.07, 6.45) is 1.56. The highest BCUT2D eigenvalue weighted by Gasteiger charge is 2.53. The maximum atomic E-state index is 13.2. The van der Waals surface area contributed by atoms with Crippen LogP contribution in [0.3, 0.4) is 0 Å². The number of aromatic nitrogens is 1. The second kappa shape index (κ2) is 7.52. The van der Waals surface area contributed by atoms with Gasteiger partial charge in [0.05, 0.1) is 12.7 Å². The second-order valence-electron chi connectivity index (χ2n) is 8.91. The minimum Gasteiger partial charge on any atom is -0.497 e. The fraction of sp³-hybridized carbons (Fsp3) is 0.360. The minimum atomic E-state index is -0.951. The summed E-state index contributed by atoms with van der Waals surface area (Å²) in [6.45, 7) is 1.28. The lowest BCUT2D eigenvalue weighted by Gasteiger charge is -2.30. The SMILES string of the molecule is COc1ccc([C@@]2(O)CC[C@@H]3CN(C(=O)c4cc(-c5ccc6c(c5)OCO6)on4)C[C@@H]32)cc1. The number of aliphatic hydroxyl groups is 1. The third-order valence-corrected chi connectivity index (χ3v) is 7.21. The molecule has 1 saturated carbocycles. The number of amides is 1. The van der Waals surface area contributed by atoms with Crippen molar-refractivity contribution in [2.75, 3.05) is 27.0 Å². The van der Waals surface area contributed by atoms with Crippen LogP contribution in [0.4, 0.5) is 0 Å². The summed E-state index contributed by atoms with van der Waals surface area (Å²) in [6, 6.07) is 14.7. The molecule has 33 heavy (non-hydrogen) atoms. The molecule has 0 unspecified atom stereocenters. The molecule has 2 aromatic carbocycles. The van der Waals surface area contributed by atoms with Crippen LogP contribution in [0.5, 0.6) is 17.2 Å². The van der Waals surface area contributed by atoms with Crippen LogP contribution in [-0.4, -0.2) is 48.1 Å². The van der Waals surface area contributed by atoms with Gasteiger partial charge in [-0.1, -0.05) is 17.3 Å². The van der Waals surface area contributed by atoms with E-state index in [1.807, 2.05) is 42.5 Å². The van der Waals surface area contributed by atoms with E-state index in [9.17, 15) is 9.90 Å². The fourth-order valence-electron chi connectivity index (χ4n) is 5.42. The van der Waals surface area contributed by atoms with Gasteiger partial charge in [0, 0.05) is 30.6 Å². The summed E-state index contributed by atoms with van der Waals surface area (Å²) in [5.74, 6) is 2.62. The Morgan fingerprint density at radius 3 is 2.76 bits per heavy atom. The van der Waals surface area contributed by atoms with Gasteiger partial charge in [-0.15, -0.1) is 0 Å². The molecule has 1 aliphatic carbocycles. The second-order valence-corrected chi connectivity index (χ2v) is 8.91. The molecular weight excluding hydrogens is 424 g/mol. The van der Waals surface area contributed by atoms with E-state index < -0.39 is 5.60 Å². The maximum Gasteiger partial charge on any atom is 0.276 e. The molecule has 0 radical (unpaired) electrons. The number of benzene rings is 2. The highest BCUT2D eigenvalue weighted by Crippen LogP contribution is 2.50. The maximum absolute atomic E-state index is 13.2. The molecule has 3 aliphatic rings. The van der Waals surface area contributed by atoms with Gasteiger partial charge in [0.1, 0.15) is 5.75 Å². The molecule has 3 heterocycles. The zero-order valence-corrected chi connectivity index (χ0v) is 18.2. The molecule has 170 valence electrons. The standard InChI is InChI=1S/C25H24N2O6/c1-30-18-5-3-17(4-6-18)25(29)9-8-16-12-27(13-19(16)25)24(28)20-11-22(33-26-20)15-2-7-21-23(10-15)32-14-31-21/h2-7,10-11,16,19,29H,8-9,12-14H2,1H3/t16-,19+,25+/m1/s1. The molecule has 2 fully saturated rings. The molecule has 1 saturated heterocycles. The largest absolute Gasteiger partial charge is 0.497 e. The Morgan fingerprint density at radius 2 is 1.94 bits per heavy atom. The van der Waals surface area contributed by atoms with Crippen molar-refractivity contribution in [2.24, 2.45) is 11.8 Å². The summed E-state index contributed by atoms with van der Waals surface area (Å²) in [4.78, 5) is 15.0. The predicted octanol–water partition coefficient (Wildman–Crippen LogP) is 3.45. The number of ether oxygens (including phenoxy) is 3. The van der Waals surface area contributed by atoms with Gasteiger partial charge in [-0.3, -0.25) is 4.79 Å². The van der Waals surface area contributed by atoms with E-state index in [0.29, 0.717) is 36.8 Å². The zero-order chi connectivity index (χ0) is 22.6. The highest BCUT2D eigenvalue weighted by atomic mass is 16.7. The Balaban J connectivity index is 1.19. The number of methoxy groups -OCH3 is 1. The van der Waals surface area contributed by atoms with Crippen LogP contribution in [0.15, 0.2) is 53.1 Å². The van der Waals surface area contributed by atoms with Crippen LogP contribution in [0.25, 0.3) is 11.3 Å². The van der Waals surface area contributed by atoms with Crippen molar-refractivity contribution in [1.29, 1.82) is 0 Å². The molecule has 8 nitrogen and oxygen atoms in total. The van der Waals surface area contributed by atoms with Crippen LogP contribution < -0.4 is 14.2 Å². The van der Waals surface area contributed by atoms with Crippen molar-refractivity contribution in [3.05, 3.63) is 59.8 Å². The average molecular weight is 448 g/mol. The Hall–Kier alpha value is -3.52. The molecule has 1 aromatic heterocycles. The lowest BCUT2D eigenvalue weighted by molar-refractivity contribution is -0.00595. The van der Waals surface area contributed by atoms with E-state index in [-0.39, 0.29) is 30.2 Å². The van der Waals surface area contributed by atoms with Crippen LogP contribution in [-0.2, 0) is 5.60 Å². The summed E-state index contributed by atoms with van der Waals surface area (Å²) in [7, 11) is 1.62. The van der Waals surface area contributed by atoms with Gasteiger partial charge >= 0.3 is 0 Å². The normalized spacial score (nSPS) is 25.3. The quantitative estimate of drug-likeness (QED) is 0.653. The lowest BCUT2D eigenvalue weighted by Crippen LogP contribution is -2.36. The van der Waals surface area contributed by atoms with Crippen molar-refractivity contribution < 1.29 is 28.6 Å². The van der Waals surface area contributed by atoms with Gasteiger partial charge in [0.15, 0.2) is 23.0 Å². The number of likely N-dealkylation sites (tertiary alicyclic amines) is 1. The average Bonchev–Trinajstić information content (AvgIpc) is 3.63. The molecule has 0 bridgehead atoms. The van der Waals surface area contributed by atoms with Crippen molar-refractivity contribution in [3.8, 4) is 28.6 Å². The molecule has 8 heteroatoms. The van der Waals surface area contributed by atoms with Gasteiger partial charge in [0.25, 0.3) is 5.91 Å². The van der Waals surface area contributed by atoms with Gasteiger partial charge < -0.3 is 28.7 Å². The first-order valence-corrected chi connectivity index (χ1v) is 11.1.